The van der Waals surface area contributed by atoms with Crippen molar-refractivity contribution in [2.24, 2.45) is 5.92 Å². The zero-order chi connectivity index (χ0) is 18.6. The number of carbonyl (C=O) groups excluding carboxylic acids is 1. The van der Waals surface area contributed by atoms with E-state index in [1.165, 1.54) is 0 Å². The summed E-state index contributed by atoms with van der Waals surface area (Å²) >= 11 is 0. The second-order valence-corrected chi connectivity index (χ2v) is 7.41. The lowest BCUT2D eigenvalue weighted by Crippen LogP contribution is -2.33. The molecular formula is C19H28N4O2. The van der Waals surface area contributed by atoms with Crippen LogP contribution in [0.15, 0.2) is 24.4 Å². The van der Waals surface area contributed by atoms with Crippen molar-refractivity contribution in [2.75, 3.05) is 13.2 Å². The van der Waals surface area contributed by atoms with E-state index in [9.17, 15) is 9.90 Å². The van der Waals surface area contributed by atoms with Crippen molar-refractivity contribution in [1.82, 2.24) is 20.1 Å². The minimum atomic E-state index is -0.181. The summed E-state index contributed by atoms with van der Waals surface area (Å²) in [5, 5.41) is 17.0. The van der Waals surface area contributed by atoms with E-state index in [0.717, 1.165) is 17.1 Å². The number of aromatic nitrogens is 3. The van der Waals surface area contributed by atoms with Crippen LogP contribution in [0.4, 0.5) is 0 Å². The monoisotopic (exact) mass is 344 g/mol. The van der Waals surface area contributed by atoms with Crippen LogP contribution in [-0.4, -0.2) is 38.9 Å². The van der Waals surface area contributed by atoms with Crippen LogP contribution < -0.4 is 5.32 Å². The van der Waals surface area contributed by atoms with Gasteiger partial charge in [-0.05, 0) is 53.2 Å². The first kappa shape index (κ1) is 19.1. The summed E-state index contributed by atoms with van der Waals surface area (Å²) in [6.45, 7) is 10.3. The highest BCUT2D eigenvalue weighted by Gasteiger charge is 2.24. The Morgan fingerprint density at radius 3 is 2.56 bits per heavy atom. The molecule has 0 aliphatic heterocycles. The fourth-order valence-corrected chi connectivity index (χ4v) is 2.97. The van der Waals surface area contributed by atoms with Gasteiger partial charge in [0.05, 0.1) is 16.8 Å². The van der Waals surface area contributed by atoms with Gasteiger partial charge in [-0.15, -0.1) is 0 Å². The minimum absolute atomic E-state index is 0.00390. The summed E-state index contributed by atoms with van der Waals surface area (Å²) in [7, 11) is 0. The Hall–Kier alpha value is -2.21. The number of amides is 1. The predicted molar refractivity (Wildman–Crippen MR) is 97.5 cm³/mol. The topological polar surface area (TPSA) is 80.0 Å². The zero-order valence-corrected chi connectivity index (χ0v) is 15.7. The average molecular weight is 344 g/mol. The van der Waals surface area contributed by atoms with Crippen molar-refractivity contribution in [2.45, 2.75) is 46.6 Å². The Labute approximate surface area is 149 Å². The van der Waals surface area contributed by atoms with Gasteiger partial charge in [-0.3, -0.25) is 14.5 Å². The number of rotatable bonds is 6. The summed E-state index contributed by atoms with van der Waals surface area (Å²) in [5.41, 5.74) is 2.91. The van der Waals surface area contributed by atoms with Crippen molar-refractivity contribution < 1.29 is 9.90 Å². The van der Waals surface area contributed by atoms with Gasteiger partial charge in [-0.25, -0.2) is 0 Å². The van der Waals surface area contributed by atoms with E-state index in [2.05, 4.69) is 36.2 Å². The summed E-state index contributed by atoms with van der Waals surface area (Å²) < 4.78 is 1.88. The average Bonchev–Trinajstić information content (AvgIpc) is 2.87. The van der Waals surface area contributed by atoms with Gasteiger partial charge in [0.1, 0.15) is 0 Å². The fourth-order valence-electron chi connectivity index (χ4n) is 2.97. The molecule has 0 spiro atoms. The Morgan fingerprint density at radius 1 is 1.32 bits per heavy atom. The minimum Gasteiger partial charge on any atom is -0.396 e. The summed E-state index contributed by atoms with van der Waals surface area (Å²) in [4.78, 5) is 16.9. The number of hydrogen-bond acceptors (Lipinski definition) is 4. The normalized spacial score (nSPS) is 12.9. The number of aryl methyl sites for hydroxylation is 1. The molecule has 0 fully saturated rings. The quantitative estimate of drug-likeness (QED) is 0.842. The van der Waals surface area contributed by atoms with Crippen molar-refractivity contribution in [3.63, 3.8) is 0 Å². The molecule has 2 aromatic rings. The first-order valence-electron chi connectivity index (χ1n) is 8.59. The number of aliphatic hydroxyl groups excluding tert-OH is 1. The molecule has 1 atom stereocenters. The van der Waals surface area contributed by atoms with E-state index in [0.29, 0.717) is 18.5 Å². The van der Waals surface area contributed by atoms with Crippen LogP contribution in [0.1, 0.15) is 48.2 Å². The van der Waals surface area contributed by atoms with Gasteiger partial charge in [0.2, 0.25) is 0 Å². The highest BCUT2D eigenvalue weighted by atomic mass is 16.3. The third-order valence-electron chi connectivity index (χ3n) is 4.19. The second-order valence-electron chi connectivity index (χ2n) is 7.41. The number of aliphatic hydroxyl groups is 1. The lowest BCUT2D eigenvalue weighted by atomic mass is 10.0. The predicted octanol–water partition coefficient (Wildman–Crippen LogP) is 2.23. The van der Waals surface area contributed by atoms with Gasteiger partial charge in [0.15, 0.2) is 0 Å². The molecule has 2 rings (SSSR count). The number of pyridine rings is 1. The summed E-state index contributed by atoms with van der Waals surface area (Å²) in [6, 6.07) is 5.70. The van der Waals surface area contributed by atoms with Crippen LogP contribution in [0.25, 0.3) is 0 Å². The first-order valence-corrected chi connectivity index (χ1v) is 8.59. The molecule has 2 N–H and O–H groups in total. The van der Waals surface area contributed by atoms with Crippen LogP contribution in [0.5, 0.6) is 0 Å². The van der Waals surface area contributed by atoms with Crippen molar-refractivity contribution >= 4 is 5.91 Å². The molecule has 0 unspecified atom stereocenters. The highest BCUT2D eigenvalue weighted by Crippen LogP contribution is 2.21. The molecule has 2 heterocycles. The van der Waals surface area contributed by atoms with Crippen LogP contribution in [0.3, 0.4) is 0 Å². The van der Waals surface area contributed by atoms with Crippen molar-refractivity contribution in [3.05, 3.63) is 47.0 Å². The van der Waals surface area contributed by atoms with E-state index in [1.807, 2.05) is 36.7 Å². The smallest absolute Gasteiger partial charge is 0.255 e. The maximum atomic E-state index is 12.6. The molecule has 25 heavy (non-hydrogen) atoms. The lowest BCUT2D eigenvalue weighted by molar-refractivity contribution is 0.0938. The molecule has 1 amide bonds. The Morgan fingerprint density at radius 2 is 2.04 bits per heavy atom. The van der Waals surface area contributed by atoms with Gasteiger partial charge < -0.3 is 10.4 Å². The fraction of sp³-hybridized carbons (Fsp3) is 0.526. The Bertz CT molecular complexity index is 717. The molecule has 0 saturated heterocycles. The molecule has 2 aromatic heterocycles. The van der Waals surface area contributed by atoms with E-state index in [4.69, 9.17) is 0 Å². The lowest BCUT2D eigenvalue weighted by Gasteiger charge is -2.21. The second kappa shape index (κ2) is 7.78. The maximum Gasteiger partial charge on any atom is 0.255 e. The molecule has 6 nitrogen and oxygen atoms in total. The molecule has 0 bridgehead atoms. The number of nitrogens with zero attached hydrogens (tertiary/aromatic N) is 3. The maximum absolute atomic E-state index is 12.6. The molecule has 0 aliphatic rings. The van der Waals surface area contributed by atoms with Gasteiger partial charge in [0, 0.05) is 36.7 Å². The number of carbonyl (C=O) groups is 1. The largest absolute Gasteiger partial charge is 0.396 e. The van der Waals surface area contributed by atoms with E-state index >= 15 is 0 Å². The first-order chi connectivity index (χ1) is 11.7. The van der Waals surface area contributed by atoms with E-state index in [1.54, 1.807) is 6.20 Å². The van der Waals surface area contributed by atoms with Gasteiger partial charge in [-0.2, -0.15) is 5.10 Å². The Kier molecular flexibility index (Phi) is 5.95. The Balaban J connectivity index is 2.06. The molecule has 0 aromatic carbocycles. The zero-order valence-electron chi connectivity index (χ0n) is 15.7. The van der Waals surface area contributed by atoms with E-state index < -0.39 is 0 Å². The highest BCUT2D eigenvalue weighted by molar-refractivity contribution is 5.96. The number of nitrogens with one attached hydrogen (secondary N) is 1. The van der Waals surface area contributed by atoms with E-state index in [-0.39, 0.29) is 24.0 Å². The number of hydrogen-bond donors (Lipinski definition) is 2. The van der Waals surface area contributed by atoms with Crippen LogP contribution in [0, 0.1) is 19.8 Å². The third-order valence-corrected chi connectivity index (χ3v) is 4.19. The third kappa shape index (κ3) is 4.66. The van der Waals surface area contributed by atoms with Gasteiger partial charge in [-0.1, -0.05) is 6.07 Å². The van der Waals surface area contributed by atoms with Crippen LogP contribution in [0.2, 0.25) is 0 Å². The summed E-state index contributed by atoms with van der Waals surface area (Å²) in [6.07, 6.45) is 2.35. The van der Waals surface area contributed by atoms with Crippen molar-refractivity contribution in [3.8, 4) is 0 Å². The standard InChI is InChI=1S/C19H28N4O2/c1-13-17(14(2)23(22-13)19(3,4)5)18(25)21-11-15(12-24)10-16-8-6-7-9-20-16/h6-9,15,24H,10-12H2,1-5H3,(H,21,25)/t15-/m0/s1. The summed E-state index contributed by atoms with van der Waals surface area (Å²) in [5.74, 6) is -0.220. The molecule has 136 valence electrons. The molecule has 0 radical (unpaired) electrons. The van der Waals surface area contributed by atoms with Crippen LogP contribution in [-0.2, 0) is 12.0 Å². The van der Waals surface area contributed by atoms with Gasteiger partial charge in [0.25, 0.3) is 5.91 Å². The molecular weight excluding hydrogens is 316 g/mol. The van der Waals surface area contributed by atoms with Gasteiger partial charge >= 0.3 is 0 Å². The SMILES string of the molecule is Cc1nn(C(C)(C)C)c(C)c1C(=O)NC[C@@H](CO)Cc1ccccn1. The van der Waals surface area contributed by atoms with Crippen LogP contribution >= 0.6 is 0 Å². The molecule has 6 heteroatoms. The van der Waals surface area contributed by atoms with Crippen molar-refractivity contribution in [1.29, 1.82) is 0 Å². The molecule has 0 aliphatic carbocycles. The molecule has 0 saturated carbocycles.